The Morgan fingerprint density at radius 1 is 1.17 bits per heavy atom. The van der Waals surface area contributed by atoms with Gasteiger partial charge in [0.1, 0.15) is 0 Å². The Kier molecular flexibility index (Phi) is 3.64. The van der Waals surface area contributed by atoms with Crippen LogP contribution in [-0.2, 0) is 13.0 Å². The molecule has 2 aliphatic rings. The molecule has 2 heterocycles. The van der Waals surface area contributed by atoms with Gasteiger partial charge in [0.25, 0.3) is 0 Å². The molecule has 18 heavy (non-hydrogen) atoms. The van der Waals surface area contributed by atoms with Gasteiger partial charge in [-0.05, 0) is 24.6 Å². The van der Waals surface area contributed by atoms with E-state index >= 15 is 0 Å². The minimum absolute atomic E-state index is 0.679. The fraction of sp³-hybridized carbons (Fsp3) is 0.600. The molecule has 1 atom stereocenters. The second kappa shape index (κ2) is 5.39. The average Bonchev–Trinajstić information content (AvgIpc) is 2.41. The molecule has 98 valence electrons. The molecule has 0 aromatic heterocycles. The number of fused-ring (bicyclic) bond motifs is 1. The zero-order valence-corrected chi connectivity index (χ0v) is 11.2. The van der Waals surface area contributed by atoms with Crippen LogP contribution in [0.15, 0.2) is 24.3 Å². The third kappa shape index (κ3) is 2.58. The Morgan fingerprint density at radius 2 is 1.89 bits per heavy atom. The largest absolute Gasteiger partial charge is 0.314 e. The van der Waals surface area contributed by atoms with Crippen molar-refractivity contribution in [2.45, 2.75) is 19.0 Å². The van der Waals surface area contributed by atoms with Crippen molar-refractivity contribution >= 4 is 0 Å². The third-order valence-electron chi connectivity index (χ3n) is 4.30. The summed E-state index contributed by atoms with van der Waals surface area (Å²) in [5, 5.41) is 3.42. The van der Waals surface area contributed by atoms with Crippen molar-refractivity contribution in [1.29, 1.82) is 0 Å². The van der Waals surface area contributed by atoms with Gasteiger partial charge in [-0.25, -0.2) is 0 Å². The predicted octanol–water partition coefficient (Wildman–Crippen LogP) is 0.948. The number of benzene rings is 1. The van der Waals surface area contributed by atoms with Gasteiger partial charge in [0, 0.05) is 45.3 Å². The summed E-state index contributed by atoms with van der Waals surface area (Å²) < 4.78 is 0. The molecule has 0 bridgehead atoms. The average molecular weight is 245 g/mol. The van der Waals surface area contributed by atoms with E-state index in [4.69, 9.17) is 0 Å². The van der Waals surface area contributed by atoms with Gasteiger partial charge < -0.3 is 5.32 Å². The van der Waals surface area contributed by atoms with E-state index < -0.39 is 0 Å². The number of hydrogen-bond donors (Lipinski definition) is 1. The molecule has 3 heteroatoms. The molecule has 2 aliphatic heterocycles. The Hall–Kier alpha value is -0.900. The maximum atomic E-state index is 3.42. The number of rotatable bonds is 2. The number of hydrogen-bond acceptors (Lipinski definition) is 3. The quantitative estimate of drug-likeness (QED) is 0.837. The topological polar surface area (TPSA) is 18.5 Å². The summed E-state index contributed by atoms with van der Waals surface area (Å²) in [7, 11) is 2.27. The van der Waals surface area contributed by atoms with Crippen molar-refractivity contribution in [1.82, 2.24) is 15.1 Å². The van der Waals surface area contributed by atoms with Gasteiger partial charge in [0.05, 0.1) is 0 Å². The molecule has 1 fully saturated rings. The smallest absolute Gasteiger partial charge is 0.0264 e. The van der Waals surface area contributed by atoms with E-state index in [9.17, 15) is 0 Å². The molecule has 0 spiro atoms. The number of nitrogens with one attached hydrogen (secondary N) is 1. The molecule has 1 unspecified atom stereocenters. The molecule has 1 aromatic rings. The van der Waals surface area contributed by atoms with Crippen LogP contribution in [0.25, 0.3) is 0 Å². The first-order chi connectivity index (χ1) is 8.83. The molecule has 1 N–H and O–H groups in total. The van der Waals surface area contributed by atoms with E-state index in [1.807, 2.05) is 0 Å². The van der Waals surface area contributed by atoms with Crippen LogP contribution < -0.4 is 5.32 Å². The van der Waals surface area contributed by atoms with Crippen LogP contribution in [0.1, 0.15) is 11.1 Å². The van der Waals surface area contributed by atoms with Gasteiger partial charge in [0.2, 0.25) is 0 Å². The predicted molar refractivity (Wildman–Crippen MR) is 74.7 cm³/mol. The van der Waals surface area contributed by atoms with Crippen LogP contribution in [0, 0.1) is 0 Å². The van der Waals surface area contributed by atoms with Crippen LogP contribution in [0.3, 0.4) is 0 Å². The van der Waals surface area contributed by atoms with E-state index in [0.717, 1.165) is 19.6 Å². The maximum absolute atomic E-state index is 3.42. The van der Waals surface area contributed by atoms with Gasteiger partial charge in [0.15, 0.2) is 0 Å². The normalized spacial score (nSPS) is 25.9. The van der Waals surface area contributed by atoms with Crippen molar-refractivity contribution in [2.24, 2.45) is 0 Å². The zero-order chi connectivity index (χ0) is 12.4. The van der Waals surface area contributed by atoms with Gasteiger partial charge >= 0.3 is 0 Å². The summed E-state index contributed by atoms with van der Waals surface area (Å²) in [5.41, 5.74) is 3.06. The van der Waals surface area contributed by atoms with Crippen molar-refractivity contribution in [3.63, 3.8) is 0 Å². The molecule has 1 aromatic carbocycles. The first-order valence-electron chi connectivity index (χ1n) is 7.03. The summed E-state index contributed by atoms with van der Waals surface area (Å²) in [4.78, 5) is 5.12. The minimum atomic E-state index is 0.679. The van der Waals surface area contributed by atoms with Crippen LogP contribution in [0.4, 0.5) is 0 Å². The summed E-state index contributed by atoms with van der Waals surface area (Å²) in [6.45, 7) is 7.01. The van der Waals surface area contributed by atoms with Gasteiger partial charge in [-0.2, -0.15) is 0 Å². The number of piperazine rings is 1. The number of likely N-dealkylation sites (N-methyl/N-ethyl adjacent to an activating group) is 1. The molecule has 0 aliphatic carbocycles. The SMILES string of the molecule is CN1Cc2ccccc2CC1CN1CCNCC1. The minimum Gasteiger partial charge on any atom is -0.314 e. The monoisotopic (exact) mass is 245 g/mol. The second-order valence-electron chi connectivity index (χ2n) is 5.59. The Morgan fingerprint density at radius 3 is 2.67 bits per heavy atom. The first kappa shape index (κ1) is 12.2. The third-order valence-corrected chi connectivity index (χ3v) is 4.30. The lowest BCUT2D eigenvalue weighted by Gasteiger charge is -2.38. The van der Waals surface area contributed by atoms with E-state index in [-0.39, 0.29) is 0 Å². The van der Waals surface area contributed by atoms with E-state index in [1.165, 1.54) is 31.6 Å². The molecule has 0 saturated carbocycles. The Labute approximate surface area is 110 Å². The molecular weight excluding hydrogens is 222 g/mol. The van der Waals surface area contributed by atoms with Gasteiger partial charge in [-0.1, -0.05) is 24.3 Å². The highest BCUT2D eigenvalue weighted by atomic mass is 15.2. The highest BCUT2D eigenvalue weighted by Crippen LogP contribution is 2.22. The molecule has 1 saturated heterocycles. The summed E-state index contributed by atoms with van der Waals surface area (Å²) in [6.07, 6.45) is 1.20. The lowest BCUT2D eigenvalue weighted by molar-refractivity contribution is 0.136. The van der Waals surface area contributed by atoms with Crippen LogP contribution in [0.2, 0.25) is 0 Å². The highest BCUT2D eigenvalue weighted by Gasteiger charge is 2.25. The fourth-order valence-corrected chi connectivity index (χ4v) is 3.11. The second-order valence-corrected chi connectivity index (χ2v) is 5.59. The number of nitrogens with zero attached hydrogens (tertiary/aromatic N) is 2. The summed E-state index contributed by atoms with van der Waals surface area (Å²) >= 11 is 0. The first-order valence-corrected chi connectivity index (χ1v) is 7.03. The van der Waals surface area contributed by atoms with Crippen LogP contribution >= 0.6 is 0 Å². The molecular formula is C15H23N3. The van der Waals surface area contributed by atoms with E-state index in [0.29, 0.717) is 6.04 Å². The molecule has 0 amide bonds. The maximum Gasteiger partial charge on any atom is 0.0264 e. The Bertz CT molecular complexity index is 398. The van der Waals surface area contributed by atoms with E-state index in [2.05, 4.69) is 46.4 Å². The standard InChI is InChI=1S/C15H23N3/c1-17-11-14-5-3-2-4-13(14)10-15(17)12-18-8-6-16-7-9-18/h2-5,15-16H,6-12H2,1H3. The molecule has 3 nitrogen and oxygen atoms in total. The summed E-state index contributed by atoms with van der Waals surface area (Å²) in [6, 6.07) is 9.58. The van der Waals surface area contributed by atoms with Gasteiger partial charge in [-0.15, -0.1) is 0 Å². The van der Waals surface area contributed by atoms with Crippen LogP contribution in [-0.4, -0.2) is 55.6 Å². The lowest BCUT2D eigenvalue weighted by Crippen LogP contribution is -2.51. The zero-order valence-electron chi connectivity index (χ0n) is 11.2. The Balaban J connectivity index is 1.66. The molecule has 0 radical (unpaired) electrons. The van der Waals surface area contributed by atoms with Gasteiger partial charge in [-0.3, -0.25) is 9.80 Å². The lowest BCUT2D eigenvalue weighted by atomic mass is 9.94. The molecule has 3 rings (SSSR count). The van der Waals surface area contributed by atoms with Crippen LogP contribution in [0.5, 0.6) is 0 Å². The van der Waals surface area contributed by atoms with Crippen molar-refractivity contribution in [3.8, 4) is 0 Å². The highest BCUT2D eigenvalue weighted by molar-refractivity contribution is 5.30. The summed E-state index contributed by atoms with van der Waals surface area (Å²) in [5.74, 6) is 0. The van der Waals surface area contributed by atoms with Crippen molar-refractivity contribution < 1.29 is 0 Å². The van der Waals surface area contributed by atoms with Crippen molar-refractivity contribution in [2.75, 3.05) is 39.8 Å². The van der Waals surface area contributed by atoms with E-state index in [1.54, 1.807) is 5.56 Å². The fourth-order valence-electron chi connectivity index (χ4n) is 3.11. The van der Waals surface area contributed by atoms with Crippen molar-refractivity contribution in [3.05, 3.63) is 35.4 Å².